The zero-order chi connectivity index (χ0) is 9.64. The minimum atomic E-state index is 0.0847. The first kappa shape index (κ1) is 9.44. The molecule has 2 rings (SSSR count). The summed E-state index contributed by atoms with van der Waals surface area (Å²) in [7, 11) is 0. The van der Waals surface area contributed by atoms with E-state index in [-0.39, 0.29) is 5.54 Å². The first-order chi connectivity index (χ1) is 6.00. The third-order valence-electron chi connectivity index (χ3n) is 2.90. The van der Waals surface area contributed by atoms with Crippen molar-refractivity contribution in [1.82, 2.24) is 5.06 Å². The van der Waals surface area contributed by atoms with Gasteiger partial charge in [0.25, 0.3) is 0 Å². The van der Waals surface area contributed by atoms with Gasteiger partial charge in [0.1, 0.15) is 0 Å². The Hall–Kier alpha value is -0.120. The molecule has 3 nitrogen and oxygen atoms in total. The van der Waals surface area contributed by atoms with Crippen molar-refractivity contribution >= 4 is 0 Å². The molecule has 0 N–H and O–H groups in total. The molecule has 2 heterocycles. The fraction of sp³-hybridized carbons (Fsp3) is 1.00. The van der Waals surface area contributed by atoms with E-state index < -0.39 is 0 Å². The Morgan fingerprint density at radius 1 is 1.23 bits per heavy atom. The van der Waals surface area contributed by atoms with Crippen LogP contribution in [-0.2, 0) is 9.57 Å². The molecule has 0 spiro atoms. The summed E-state index contributed by atoms with van der Waals surface area (Å²) in [5.74, 6) is 0.578. The van der Waals surface area contributed by atoms with Crippen molar-refractivity contribution in [3.8, 4) is 0 Å². The molecule has 0 aromatic rings. The molecule has 2 fully saturated rings. The van der Waals surface area contributed by atoms with E-state index in [2.05, 4.69) is 32.8 Å². The van der Waals surface area contributed by atoms with E-state index in [1.165, 1.54) is 0 Å². The highest BCUT2D eigenvalue weighted by Crippen LogP contribution is 2.36. The number of rotatable bonds is 0. The fourth-order valence-corrected chi connectivity index (χ4v) is 2.29. The van der Waals surface area contributed by atoms with Gasteiger partial charge in [-0.2, -0.15) is 5.06 Å². The molecule has 3 heteroatoms. The van der Waals surface area contributed by atoms with Crippen LogP contribution in [-0.4, -0.2) is 36.0 Å². The quantitative estimate of drug-likeness (QED) is 0.570. The molecule has 0 unspecified atom stereocenters. The summed E-state index contributed by atoms with van der Waals surface area (Å²) in [4.78, 5) is 5.71. The van der Waals surface area contributed by atoms with Crippen LogP contribution in [0.5, 0.6) is 0 Å². The third-order valence-corrected chi connectivity index (χ3v) is 2.90. The molecule has 13 heavy (non-hydrogen) atoms. The second kappa shape index (κ2) is 2.94. The molecular formula is C10H19NO2. The largest absolute Gasteiger partial charge is 0.376 e. The molecule has 0 bridgehead atoms. The lowest BCUT2D eigenvalue weighted by Gasteiger charge is -2.35. The fourth-order valence-electron chi connectivity index (χ4n) is 2.29. The number of nitrogens with zero attached hydrogens (tertiary/aromatic N) is 1. The van der Waals surface area contributed by atoms with E-state index in [4.69, 9.17) is 9.57 Å². The molecule has 0 aliphatic carbocycles. The van der Waals surface area contributed by atoms with E-state index >= 15 is 0 Å². The summed E-state index contributed by atoms with van der Waals surface area (Å²) in [6.45, 7) is 10.4. The van der Waals surface area contributed by atoms with Gasteiger partial charge in [-0.3, -0.25) is 4.84 Å². The summed E-state index contributed by atoms with van der Waals surface area (Å²) in [5.41, 5.74) is 0.0847. The zero-order valence-electron chi connectivity index (χ0n) is 8.91. The Morgan fingerprint density at radius 3 is 2.54 bits per heavy atom. The second-order valence-corrected chi connectivity index (χ2v) is 5.08. The zero-order valence-corrected chi connectivity index (χ0v) is 8.91. The van der Waals surface area contributed by atoms with Crippen LogP contribution >= 0.6 is 0 Å². The van der Waals surface area contributed by atoms with Crippen molar-refractivity contribution in [3.05, 3.63) is 0 Å². The molecule has 2 aliphatic heterocycles. The van der Waals surface area contributed by atoms with Crippen molar-refractivity contribution in [2.24, 2.45) is 5.92 Å². The maximum Gasteiger partial charge on any atom is 0.0752 e. The topological polar surface area (TPSA) is 21.7 Å². The van der Waals surface area contributed by atoms with Gasteiger partial charge in [-0.25, -0.2) is 0 Å². The molecule has 0 saturated carbocycles. The average Bonchev–Trinajstić information content (AvgIpc) is 2.51. The van der Waals surface area contributed by atoms with Crippen LogP contribution in [0.1, 0.15) is 27.7 Å². The van der Waals surface area contributed by atoms with Crippen LogP contribution in [0.2, 0.25) is 0 Å². The molecule has 2 aliphatic rings. The Morgan fingerprint density at radius 2 is 1.92 bits per heavy atom. The van der Waals surface area contributed by atoms with E-state index in [9.17, 15) is 0 Å². The smallest absolute Gasteiger partial charge is 0.0752 e. The van der Waals surface area contributed by atoms with Gasteiger partial charge in [0, 0.05) is 11.5 Å². The van der Waals surface area contributed by atoms with Crippen LogP contribution in [0.25, 0.3) is 0 Å². The van der Waals surface area contributed by atoms with Gasteiger partial charge in [-0.15, -0.1) is 0 Å². The molecule has 0 aromatic carbocycles. The predicted molar refractivity (Wildman–Crippen MR) is 50.2 cm³/mol. The van der Waals surface area contributed by atoms with Gasteiger partial charge in [0.2, 0.25) is 0 Å². The normalized spacial score (nSPS) is 41.1. The maximum atomic E-state index is 5.71. The van der Waals surface area contributed by atoms with Crippen LogP contribution in [0.4, 0.5) is 0 Å². The SMILES string of the molecule is C[C@@H]1OC[C@H]2CON(C(C)(C)C)[C@H]21. The van der Waals surface area contributed by atoms with Gasteiger partial charge in [0.05, 0.1) is 25.4 Å². The lowest BCUT2D eigenvalue weighted by molar-refractivity contribution is -0.202. The first-order valence-corrected chi connectivity index (χ1v) is 5.04. The standard InChI is InChI=1S/C10H19NO2/c1-7-9-8(5-12-7)6-13-11(9)10(2,3)4/h7-9H,5-6H2,1-4H3/t7-,8-,9-/m0/s1. The highest BCUT2D eigenvalue weighted by Gasteiger charge is 2.48. The van der Waals surface area contributed by atoms with Crippen molar-refractivity contribution < 1.29 is 9.57 Å². The molecule has 3 atom stereocenters. The number of fused-ring (bicyclic) bond motifs is 1. The van der Waals surface area contributed by atoms with E-state index in [0.717, 1.165) is 13.2 Å². The van der Waals surface area contributed by atoms with Gasteiger partial charge >= 0.3 is 0 Å². The van der Waals surface area contributed by atoms with E-state index in [1.54, 1.807) is 0 Å². The lowest BCUT2D eigenvalue weighted by Crippen LogP contribution is -2.47. The van der Waals surface area contributed by atoms with Crippen molar-refractivity contribution in [2.45, 2.75) is 45.4 Å². The van der Waals surface area contributed by atoms with Crippen molar-refractivity contribution in [1.29, 1.82) is 0 Å². The van der Waals surface area contributed by atoms with Gasteiger partial charge in [-0.1, -0.05) is 0 Å². The Kier molecular flexibility index (Phi) is 2.13. The summed E-state index contributed by atoms with van der Waals surface area (Å²) in [6, 6.07) is 0.458. The molecule has 2 saturated heterocycles. The summed E-state index contributed by atoms with van der Waals surface area (Å²) >= 11 is 0. The average molecular weight is 185 g/mol. The molecule has 76 valence electrons. The van der Waals surface area contributed by atoms with Crippen LogP contribution in [0, 0.1) is 5.92 Å². The number of hydroxylamine groups is 2. The van der Waals surface area contributed by atoms with Gasteiger partial charge in [0.15, 0.2) is 0 Å². The Labute approximate surface area is 80.0 Å². The molecule has 0 aromatic heterocycles. The van der Waals surface area contributed by atoms with Gasteiger partial charge in [-0.05, 0) is 27.7 Å². The highest BCUT2D eigenvalue weighted by molar-refractivity contribution is 4.94. The van der Waals surface area contributed by atoms with Crippen LogP contribution in [0.15, 0.2) is 0 Å². The first-order valence-electron chi connectivity index (χ1n) is 5.04. The van der Waals surface area contributed by atoms with Gasteiger partial charge < -0.3 is 4.74 Å². The number of ether oxygens (including phenoxy) is 1. The molecular weight excluding hydrogens is 166 g/mol. The molecule has 0 radical (unpaired) electrons. The maximum absolute atomic E-state index is 5.71. The second-order valence-electron chi connectivity index (χ2n) is 5.08. The summed E-state index contributed by atoms with van der Waals surface area (Å²) < 4.78 is 5.62. The Balaban J connectivity index is 2.15. The molecule has 0 amide bonds. The Bertz CT molecular complexity index is 200. The van der Waals surface area contributed by atoms with Crippen molar-refractivity contribution in [3.63, 3.8) is 0 Å². The van der Waals surface area contributed by atoms with E-state index in [0.29, 0.717) is 18.1 Å². The van der Waals surface area contributed by atoms with Crippen LogP contribution < -0.4 is 0 Å². The van der Waals surface area contributed by atoms with E-state index in [1.807, 2.05) is 0 Å². The summed E-state index contributed by atoms with van der Waals surface area (Å²) in [6.07, 6.45) is 0.312. The minimum absolute atomic E-state index is 0.0847. The number of hydrogen-bond acceptors (Lipinski definition) is 3. The lowest BCUT2D eigenvalue weighted by atomic mass is 9.97. The van der Waals surface area contributed by atoms with Crippen LogP contribution in [0.3, 0.4) is 0 Å². The minimum Gasteiger partial charge on any atom is -0.376 e. The predicted octanol–water partition coefficient (Wildman–Crippen LogP) is 1.44. The third kappa shape index (κ3) is 1.49. The van der Waals surface area contributed by atoms with Crippen molar-refractivity contribution in [2.75, 3.05) is 13.2 Å². The summed E-state index contributed by atoms with van der Waals surface area (Å²) in [5, 5.41) is 2.12. The monoisotopic (exact) mass is 185 g/mol. The highest BCUT2D eigenvalue weighted by atomic mass is 16.7. The number of hydrogen-bond donors (Lipinski definition) is 0.